The van der Waals surface area contributed by atoms with E-state index in [9.17, 15) is 53.4 Å². The molecule has 0 spiro atoms. The van der Waals surface area contributed by atoms with Crippen LogP contribution in [0.4, 0.5) is 0 Å². The van der Waals surface area contributed by atoms with Crippen LogP contribution < -0.4 is 27.0 Å². The number of phenols is 1. The molecule has 2 bridgehead atoms. The standard InChI is InChI=1S/C46H71N7O12/c1-11-26(8)37-46(64)65-27(9)38(51-40(58)29(14-18-35(47)56)22-34(55)24(4)5)43(61)49-32(20-23(2)3)41(59)48-31-17-19-36(57)53(44(31)62)39(25(6)7)45(63)52(10)33(42(60)50-37)21-28-12-15-30(54)16-13-28/h12-13,15-16,23-27,29,31-33,36-39,54,57H,11,14,17-22H2,1-10H3,(H2,47,56)(H,48,59)(H,49,61)(H,50,60)(H,51,58)/t26?,27-,29-,31?,32+,33+,36+,37+,38+,39+/m1/s1. The lowest BCUT2D eigenvalue weighted by Gasteiger charge is -2.44. The lowest BCUT2D eigenvalue weighted by atomic mass is 9.91. The van der Waals surface area contributed by atoms with Crippen molar-refractivity contribution in [3.05, 3.63) is 29.8 Å². The molecular weight excluding hydrogens is 843 g/mol. The number of carbonyl (C=O) groups is 9. The second-order valence-electron chi connectivity index (χ2n) is 18.6. The lowest BCUT2D eigenvalue weighted by Crippen LogP contribution is -2.66. The number of ether oxygens (including phenoxy) is 1. The van der Waals surface area contributed by atoms with Gasteiger partial charge in [-0.25, -0.2) is 4.79 Å². The summed E-state index contributed by atoms with van der Waals surface area (Å²) in [7, 11) is 1.37. The maximum absolute atomic E-state index is 14.7. The number of amides is 7. The average molecular weight is 914 g/mol. The highest BCUT2D eigenvalue weighted by atomic mass is 16.5. The minimum Gasteiger partial charge on any atom is -0.508 e. The molecule has 362 valence electrons. The zero-order valence-corrected chi connectivity index (χ0v) is 39.4. The van der Waals surface area contributed by atoms with Crippen LogP contribution in [0.2, 0.25) is 0 Å². The molecule has 65 heavy (non-hydrogen) atoms. The molecule has 1 aromatic rings. The van der Waals surface area contributed by atoms with Crippen LogP contribution in [0.3, 0.4) is 0 Å². The maximum Gasteiger partial charge on any atom is 0.329 e. The van der Waals surface area contributed by atoms with E-state index < -0.39 is 120 Å². The number of aliphatic hydroxyl groups is 1. The van der Waals surface area contributed by atoms with Crippen LogP contribution in [0, 0.1) is 29.6 Å². The van der Waals surface area contributed by atoms with Gasteiger partial charge in [-0.2, -0.15) is 0 Å². The molecule has 3 rings (SSSR count). The molecule has 2 fully saturated rings. The number of likely N-dealkylation sites (N-methyl/N-ethyl adjacent to an activating group) is 1. The third-order valence-electron chi connectivity index (χ3n) is 12.2. The molecular formula is C46H71N7O12. The number of hydrogen-bond donors (Lipinski definition) is 7. The molecule has 0 radical (unpaired) electrons. The largest absolute Gasteiger partial charge is 0.508 e. The van der Waals surface area contributed by atoms with Crippen LogP contribution >= 0.6 is 0 Å². The van der Waals surface area contributed by atoms with Crippen molar-refractivity contribution in [3.8, 4) is 5.75 Å². The SMILES string of the molecule is CCC(C)[C@@H]1NC(=O)[C@H](Cc2ccc(O)cc2)N(C)C(=O)[C@H](C(C)C)N2C(=O)C(CC[C@@H]2O)NC(=O)[C@H](CC(C)C)NC(=O)[C@@H](NC(=O)[C@H](CCC(N)=O)CC(=O)C(C)C)[C@@H](C)OC1=O. The Kier molecular flexibility index (Phi) is 19.9. The molecule has 19 heteroatoms. The molecule has 2 heterocycles. The predicted molar refractivity (Wildman–Crippen MR) is 238 cm³/mol. The number of nitrogens with one attached hydrogen (secondary N) is 4. The number of phenolic OH excluding ortho intramolecular Hbond substituents is 1. The van der Waals surface area contributed by atoms with Crippen molar-refractivity contribution in [1.82, 2.24) is 31.1 Å². The monoisotopic (exact) mass is 914 g/mol. The Balaban J connectivity index is 2.25. The van der Waals surface area contributed by atoms with Crippen molar-refractivity contribution in [3.63, 3.8) is 0 Å². The number of cyclic esters (lactones) is 1. The molecule has 2 aliphatic rings. The number of rotatable bonds is 15. The molecule has 8 N–H and O–H groups in total. The summed E-state index contributed by atoms with van der Waals surface area (Å²) in [6, 6.07) is -2.35. The number of Topliss-reactive ketones (excluding diaryl/α,β-unsaturated/α-hetero) is 1. The lowest BCUT2D eigenvalue weighted by molar-refractivity contribution is -0.167. The molecule has 7 amide bonds. The topological polar surface area (TPSA) is 284 Å². The van der Waals surface area contributed by atoms with Gasteiger partial charge >= 0.3 is 5.97 Å². The summed E-state index contributed by atoms with van der Waals surface area (Å²) in [5.41, 5.74) is 5.92. The number of nitrogens with two attached hydrogens (primary N) is 1. The van der Waals surface area contributed by atoms with Crippen LogP contribution in [0.25, 0.3) is 0 Å². The molecule has 10 atom stereocenters. The number of hydrogen-bond acceptors (Lipinski definition) is 12. The number of fused-ring (bicyclic) bond motifs is 2. The van der Waals surface area contributed by atoms with Crippen LogP contribution in [-0.2, 0) is 54.3 Å². The fourth-order valence-corrected chi connectivity index (χ4v) is 7.98. The van der Waals surface area contributed by atoms with Crippen LogP contribution in [-0.4, -0.2) is 129 Å². The van der Waals surface area contributed by atoms with Crippen molar-refractivity contribution >= 4 is 53.1 Å². The number of aliphatic hydroxyl groups excluding tert-OH is 1. The van der Waals surface area contributed by atoms with Gasteiger partial charge < -0.3 is 51.8 Å². The van der Waals surface area contributed by atoms with Gasteiger partial charge in [0.15, 0.2) is 0 Å². The van der Waals surface area contributed by atoms with Crippen molar-refractivity contribution in [2.24, 2.45) is 35.3 Å². The van der Waals surface area contributed by atoms with Crippen molar-refractivity contribution in [1.29, 1.82) is 0 Å². The van der Waals surface area contributed by atoms with Gasteiger partial charge in [0.2, 0.25) is 41.4 Å². The van der Waals surface area contributed by atoms with E-state index in [1.807, 2.05) is 0 Å². The normalized spacial score (nSPS) is 26.3. The first-order valence-electron chi connectivity index (χ1n) is 22.7. The van der Waals surface area contributed by atoms with E-state index >= 15 is 0 Å². The highest BCUT2D eigenvalue weighted by Crippen LogP contribution is 2.27. The molecule has 2 saturated heterocycles. The van der Waals surface area contributed by atoms with E-state index in [2.05, 4.69) is 21.3 Å². The van der Waals surface area contributed by atoms with E-state index in [1.165, 1.54) is 26.1 Å². The van der Waals surface area contributed by atoms with Gasteiger partial charge in [-0.3, -0.25) is 38.4 Å². The van der Waals surface area contributed by atoms with Gasteiger partial charge in [0, 0.05) is 38.1 Å². The summed E-state index contributed by atoms with van der Waals surface area (Å²) in [5.74, 6) is -9.87. The van der Waals surface area contributed by atoms with Gasteiger partial charge in [0.25, 0.3) is 0 Å². The van der Waals surface area contributed by atoms with E-state index in [0.717, 1.165) is 9.80 Å². The summed E-state index contributed by atoms with van der Waals surface area (Å²) < 4.78 is 5.91. The zero-order chi connectivity index (χ0) is 49.0. The van der Waals surface area contributed by atoms with Crippen LogP contribution in [0.1, 0.15) is 113 Å². The highest BCUT2D eigenvalue weighted by molar-refractivity contribution is 5.98. The van der Waals surface area contributed by atoms with E-state index in [-0.39, 0.29) is 62.4 Å². The summed E-state index contributed by atoms with van der Waals surface area (Å²) in [6.07, 6.45) is -3.37. The smallest absolute Gasteiger partial charge is 0.329 e. The summed E-state index contributed by atoms with van der Waals surface area (Å²) >= 11 is 0. The maximum atomic E-state index is 14.7. The Hall–Kier alpha value is -5.59. The molecule has 0 aromatic heterocycles. The van der Waals surface area contributed by atoms with Gasteiger partial charge in [-0.1, -0.05) is 73.9 Å². The number of benzene rings is 1. The second kappa shape index (κ2) is 24.1. The fraction of sp³-hybridized carbons (Fsp3) is 0.674. The number of ketones is 1. The number of primary amides is 1. The Morgan fingerprint density at radius 2 is 1.52 bits per heavy atom. The molecule has 1 aromatic carbocycles. The molecule has 2 unspecified atom stereocenters. The minimum absolute atomic E-state index is 0.0181. The van der Waals surface area contributed by atoms with Gasteiger partial charge in [0.1, 0.15) is 60.1 Å². The van der Waals surface area contributed by atoms with Crippen molar-refractivity contribution < 1.29 is 58.1 Å². The first kappa shape index (κ1) is 53.7. The van der Waals surface area contributed by atoms with Gasteiger partial charge in [0.05, 0.1) is 0 Å². The van der Waals surface area contributed by atoms with Gasteiger partial charge in [-0.05, 0) is 68.1 Å². The first-order valence-corrected chi connectivity index (χ1v) is 22.7. The van der Waals surface area contributed by atoms with Crippen molar-refractivity contribution in [2.45, 2.75) is 162 Å². The van der Waals surface area contributed by atoms with E-state index in [4.69, 9.17) is 10.5 Å². The summed E-state index contributed by atoms with van der Waals surface area (Å²) in [4.78, 5) is 127. The first-order chi connectivity index (χ1) is 30.4. The number of nitrogens with zero attached hydrogens (tertiary/aromatic N) is 2. The molecule has 0 aliphatic carbocycles. The van der Waals surface area contributed by atoms with Crippen LogP contribution in [0.15, 0.2) is 24.3 Å². The Morgan fingerprint density at radius 1 is 0.892 bits per heavy atom. The van der Waals surface area contributed by atoms with Crippen molar-refractivity contribution in [2.75, 3.05) is 7.05 Å². The molecule has 2 aliphatic heterocycles. The quantitative estimate of drug-likeness (QED) is 0.122. The average Bonchev–Trinajstić information content (AvgIpc) is 3.23. The molecule has 0 saturated carbocycles. The van der Waals surface area contributed by atoms with E-state index in [0.29, 0.717) is 12.0 Å². The fourth-order valence-electron chi connectivity index (χ4n) is 7.98. The third-order valence-corrected chi connectivity index (χ3v) is 12.2. The predicted octanol–water partition coefficient (Wildman–Crippen LogP) is 1.20. The number of piperidine rings is 1. The molecule has 19 nitrogen and oxygen atoms in total. The van der Waals surface area contributed by atoms with Crippen LogP contribution in [0.5, 0.6) is 5.75 Å². The highest BCUT2D eigenvalue weighted by Gasteiger charge is 2.47. The Bertz CT molecular complexity index is 1890. The number of esters is 1. The summed E-state index contributed by atoms with van der Waals surface area (Å²) in [6.45, 7) is 15.0. The third kappa shape index (κ3) is 14.7. The Labute approximate surface area is 381 Å². The minimum atomic E-state index is -1.70. The van der Waals surface area contributed by atoms with Gasteiger partial charge in [-0.15, -0.1) is 0 Å². The number of aromatic hydroxyl groups is 1. The second-order valence-corrected chi connectivity index (χ2v) is 18.6. The van der Waals surface area contributed by atoms with E-state index in [1.54, 1.807) is 67.5 Å². The zero-order valence-electron chi connectivity index (χ0n) is 39.4. The Morgan fingerprint density at radius 3 is 2.08 bits per heavy atom. The number of carbonyl (C=O) groups excluding carboxylic acids is 9. The summed E-state index contributed by atoms with van der Waals surface area (Å²) in [5, 5.41) is 32.1.